The second-order valence-corrected chi connectivity index (χ2v) is 5.25. The van der Waals surface area contributed by atoms with Crippen LogP contribution < -0.4 is 5.32 Å². The lowest BCUT2D eigenvalue weighted by atomic mass is 10.00. The number of hydrogen-bond acceptors (Lipinski definition) is 2. The summed E-state index contributed by atoms with van der Waals surface area (Å²) in [6.45, 7) is 2.91. The highest BCUT2D eigenvalue weighted by Crippen LogP contribution is 2.24. The Balaban J connectivity index is 2.07. The van der Waals surface area contributed by atoms with Crippen molar-refractivity contribution in [3.63, 3.8) is 0 Å². The fraction of sp³-hybridized carbons (Fsp3) is 0.400. The van der Waals surface area contributed by atoms with Crippen LogP contribution in [0.15, 0.2) is 30.6 Å². The maximum absolute atomic E-state index is 13.2. The molecule has 1 atom stereocenters. The smallest absolute Gasteiger partial charge is 0.141 e. The molecule has 1 unspecified atom stereocenters. The molecule has 0 bridgehead atoms. The Morgan fingerprint density at radius 3 is 2.85 bits per heavy atom. The first kappa shape index (κ1) is 15.0. The highest BCUT2D eigenvalue weighted by molar-refractivity contribution is 6.30. The average Bonchev–Trinajstić information content (AvgIpc) is 2.84. The lowest BCUT2D eigenvalue weighted by Gasteiger charge is -2.18. The van der Waals surface area contributed by atoms with Gasteiger partial charge in [0.1, 0.15) is 5.82 Å². The van der Waals surface area contributed by atoms with E-state index in [0.717, 1.165) is 24.9 Å². The predicted octanol–water partition coefficient (Wildman–Crippen LogP) is 3.50. The fourth-order valence-electron chi connectivity index (χ4n) is 2.27. The highest BCUT2D eigenvalue weighted by atomic mass is 35.5. The van der Waals surface area contributed by atoms with E-state index >= 15 is 0 Å². The van der Waals surface area contributed by atoms with E-state index in [1.165, 1.54) is 11.6 Å². The molecule has 0 aliphatic heterocycles. The van der Waals surface area contributed by atoms with Crippen molar-refractivity contribution in [3.8, 4) is 0 Å². The molecular formula is C15H19ClFN3. The standard InChI is InChI=1S/C15H19ClFN3/c1-3-18-15(7-4-11-9-19-20(2)10-11)12-5-6-14(17)13(16)8-12/h5-6,8-10,15,18H,3-4,7H2,1-2H3. The molecule has 0 amide bonds. The minimum Gasteiger partial charge on any atom is -0.310 e. The van der Waals surface area contributed by atoms with Crippen LogP contribution in [0.2, 0.25) is 5.02 Å². The first-order chi connectivity index (χ1) is 9.60. The van der Waals surface area contributed by atoms with E-state index in [1.54, 1.807) is 16.8 Å². The summed E-state index contributed by atoms with van der Waals surface area (Å²) < 4.78 is 15.0. The Morgan fingerprint density at radius 1 is 1.45 bits per heavy atom. The zero-order chi connectivity index (χ0) is 14.5. The number of aryl methyl sites for hydroxylation is 2. The summed E-state index contributed by atoms with van der Waals surface area (Å²) >= 11 is 5.86. The minimum atomic E-state index is -0.377. The number of halogens is 2. The molecule has 108 valence electrons. The summed E-state index contributed by atoms with van der Waals surface area (Å²) in [6.07, 6.45) is 5.73. The van der Waals surface area contributed by atoms with Crippen LogP contribution in [-0.4, -0.2) is 16.3 Å². The molecule has 2 aromatic rings. The third-order valence-corrected chi connectivity index (χ3v) is 3.57. The molecule has 0 spiro atoms. The van der Waals surface area contributed by atoms with Crippen molar-refractivity contribution in [1.82, 2.24) is 15.1 Å². The Bertz CT molecular complexity index is 568. The van der Waals surface area contributed by atoms with Gasteiger partial charge in [-0.3, -0.25) is 4.68 Å². The van der Waals surface area contributed by atoms with Crippen LogP contribution >= 0.6 is 11.6 Å². The molecule has 5 heteroatoms. The van der Waals surface area contributed by atoms with Crippen molar-refractivity contribution < 1.29 is 4.39 Å². The van der Waals surface area contributed by atoms with E-state index in [1.807, 2.05) is 19.4 Å². The van der Waals surface area contributed by atoms with E-state index in [4.69, 9.17) is 11.6 Å². The largest absolute Gasteiger partial charge is 0.310 e. The van der Waals surface area contributed by atoms with Crippen LogP contribution in [0.4, 0.5) is 4.39 Å². The van der Waals surface area contributed by atoms with E-state index in [2.05, 4.69) is 17.3 Å². The van der Waals surface area contributed by atoms with Crippen molar-refractivity contribution in [3.05, 3.63) is 52.6 Å². The quantitative estimate of drug-likeness (QED) is 0.884. The summed E-state index contributed by atoms with van der Waals surface area (Å²) in [4.78, 5) is 0. The van der Waals surface area contributed by atoms with Gasteiger partial charge in [-0.05, 0) is 42.6 Å². The maximum atomic E-state index is 13.2. The zero-order valence-corrected chi connectivity index (χ0v) is 12.5. The normalized spacial score (nSPS) is 12.6. The Morgan fingerprint density at radius 2 is 2.25 bits per heavy atom. The molecule has 2 rings (SSSR count). The van der Waals surface area contributed by atoms with E-state index in [9.17, 15) is 4.39 Å². The monoisotopic (exact) mass is 295 g/mol. The Kier molecular flexibility index (Phi) is 5.15. The van der Waals surface area contributed by atoms with Gasteiger partial charge in [0.05, 0.1) is 11.2 Å². The molecule has 1 aromatic carbocycles. The molecule has 1 N–H and O–H groups in total. The molecular weight excluding hydrogens is 277 g/mol. The van der Waals surface area contributed by atoms with Gasteiger partial charge >= 0.3 is 0 Å². The average molecular weight is 296 g/mol. The number of benzene rings is 1. The summed E-state index contributed by atoms with van der Waals surface area (Å²) in [5.74, 6) is -0.377. The van der Waals surface area contributed by atoms with E-state index in [-0.39, 0.29) is 16.9 Å². The van der Waals surface area contributed by atoms with Gasteiger partial charge in [-0.25, -0.2) is 4.39 Å². The molecule has 1 heterocycles. The van der Waals surface area contributed by atoms with E-state index < -0.39 is 0 Å². The van der Waals surface area contributed by atoms with Crippen molar-refractivity contribution in [2.45, 2.75) is 25.8 Å². The van der Waals surface area contributed by atoms with Gasteiger partial charge in [0.2, 0.25) is 0 Å². The third-order valence-electron chi connectivity index (χ3n) is 3.28. The maximum Gasteiger partial charge on any atom is 0.141 e. The number of aromatic nitrogens is 2. The van der Waals surface area contributed by atoms with Crippen LogP contribution in [0.25, 0.3) is 0 Å². The highest BCUT2D eigenvalue weighted by Gasteiger charge is 2.12. The van der Waals surface area contributed by atoms with Gasteiger partial charge in [0.15, 0.2) is 0 Å². The summed E-state index contributed by atoms with van der Waals surface area (Å²) in [7, 11) is 1.91. The molecule has 0 fully saturated rings. The molecule has 0 saturated heterocycles. The predicted molar refractivity (Wildman–Crippen MR) is 79.4 cm³/mol. The van der Waals surface area contributed by atoms with Gasteiger partial charge in [-0.1, -0.05) is 24.6 Å². The van der Waals surface area contributed by atoms with E-state index in [0.29, 0.717) is 0 Å². The van der Waals surface area contributed by atoms with Gasteiger partial charge in [-0.2, -0.15) is 5.10 Å². The van der Waals surface area contributed by atoms with Crippen LogP contribution in [0.3, 0.4) is 0 Å². The molecule has 20 heavy (non-hydrogen) atoms. The number of hydrogen-bond donors (Lipinski definition) is 1. The molecule has 0 aliphatic rings. The minimum absolute atomic E-state index is 0.165. The van der Waals surface area contributed by atoms with Crippen molar-refractivity contribution in [2.75, 3.05) is 6.54 Å². The van der Waals surface area contributed by atoms with Gasteiger partial charge < -0.3 is 5.32 Å². The molecule has 0 saturated carbocycles. The van der Waals surface area contributed by atoms with Crippen molar-refractivity contribution >= 4 is 11.6 Å². The topological polar surface area (TPSA) is 29.9 Å². The van der Waals surface area contributed by atoms with Gasteiger partial charge in [0.25, 0.3) is 0 Å². The second-order valence-electron chi connectivity index (χ2n) is 4.84. The first-order valence-corrected chi connectivity index (χ1v) is 7.13. The number of nitrogens with one attached hydrogen (secondary N) is 1. The van der Waals surface area contributed by atoms with Crippen LogP contribution in [0, 0.1) is 5.82 Å². The summed E-state index contributed by atoms with van der Waals surface area (Å²) in [5.41, 5.74) is 2.21. The Labute approximate surface area is 123 Å². The first-order valence-electron chi connectivity index (χ1n) is 6.76. The lowest BCUT2D eigenvalue weighted by molar-refractivity contribution is 0.514. The van der Waals surface area contributed by atoms with Crippen LogP contribution in [0.1, 0.15) is 30.5 Å². The molecule has 3 nitrogen and oxygen atoms in total. The van der Waals surface area contributed by atoms with Gasteiger partial charge in [0, 0.05) is 19.3 Å². The van der Waals surface area contributed by atoms with Gasteiger partial charge in [-0.15, -0.1) is 0 Å². The summed E-state index contributed by atoms with van der Waals surface area (Å²) in [6, 6.07) is 5.08. The molecule has 0 aliphatic carbocycles. The number of nitrogens with zero attached hydrogens (tertiary/aromatic N) is 2. The lowest BCUT2D eigenvalue weighted by Crippen LogP contribution is -2.21. The third kappa shape index (κ3) is 3.81. The molecule has 1 aromatic heterocycles. The zero-order valence-electron chi connectivity index (χ0n) is 11.7. The Hall–Kier alpha value is -1.39. The van der Waals surface area contributed by atoms with Crippen LogP contribution in [0.5, 0.6) is 0 Å². The second kappa shape index (κ2) is 6.86. The van der Waals surface area contributed by atoms with Crippen molar-refractivity contribution in [2.24, 2.45) is 7.05 Å². The fourth-order valence-corrected chi connectivity index (χ4v) is 2.46. The molecule has 0 radical (unpaired) electrons. The SMILES string of the molecule is CCNC(CCc1cnn(C)c1)c1ccc(F)c(Cl)c1. The number of rotatable bonds is 6. The summed E-state index contributed by atoms with van der Waals surface area (Å²) in [5, 5.41) is 7.75. The van der Waals surface area contributed by atoms with Crippen molar-refractivity contribution in [1.29, 1.82) is 0 Å². The van der Waals surface area contributed by atoms with Crippen LogP contribution in [-0.2, 0) is 13.5 Å².